The maximum atomic E-state index is 15.2. The second-order valence-electron chi connectivity index (χ2n) is 10.4. The zero-order valence-corrected chi connectivity index (χ0v) is 19.8. The van der Waals surface area contributed by atoms with E-state index >= 15 is 4.39 Å². The van der Waals surface area contributed by atoms with Gasteiger partial charge >= 0.3 is 0 Å². The molecule has 1 aliphatic heterocycles. The number of nitrogens with one attached hydrogen (secondary N) is 1. The number of hydrogen-bond acceptors (Lipinski definition) is 5. The van der Waals surface area contributed by atoms with E-state index in [0.717, 1.165) is 48.2 Å². The SMILES string of the molecule is CC1(C)CC(=O)c2c3c(n(-c4cc(F)c(C#N)c(NC5CCS(=O)(=O)CC5)c4)c2C1)CCC3. The maximum Gasteiger partial charge on any atom is 0.165 e. The topological polar surface area (TPSA) is 92.0 Å². The Morgan fingerprint density at radius 1 is 1.15 bits per heavy atom. The first kappa shape index (κ1) is 22.1. The molecule has 0 amide bonds. The number of hydrogen-bond donors (Lipinski definition) is 1. The number of halogens is 1. The highest BCUT2D eigenvalue weighted by Crippen LogP contribution is 2.43. The zero-order chi connectivity index (χ0) is 23.5. The molecule has 0 radical (unpaired) electrons. The minimum absolute atomic E-state index is 0.0683. The van der Waals surface area contributed by atoms with Crippen LogP contribution in [0.1, 0.15) is 72.4 Å². The van der Waals surface area contributed by atoms with Crippen LogP contribution in [0.25, 0.3) is 5.69 Å². The lowest BCUT2D eigenvalue weighted by atomic mass is 9.75. The number of carbonyl (C=O) groups excluding carboxylic acids is 1. The summed E-state index contributed by atoms with van der Waals surface area (Å²) in [6.07, 6.45) is 4.75. The molecule has 1 aromatic carbocycles. The lowest BCUT2D eigenvalue weighted by Crippen LogP contribution is -2.32. The normalized spacial score (nSPS) is 21.3. The van der Waals surface area contributed by atoms with Gasteiger partial charge in [-0.05, 0) is 61.6 Å². The number of rotatable bonds is 3. The maximum absolute atomic E-state index is 15.2. The Morgan fingerprint density at radius 2 is 1.88 bits per heavy atom. The molecule has 174 valence electrons. The smallest absolute Gasteiger partial charge is 0.165 e. The summed E-state index contributed by atoms with van der Waals surface area (Å²) in [5, 5.41) is 12.9. The molecular weight excluding hydrogens is 441 g/mol. The number of fused-ring (bicyclic) bond motifs is 3. The number of sulfone groups is 1. The van der Waals surface area contributed by atoms with Gasteiger partial charge in [-0.25, -0.2) is 12.8 Å². The average molecular weight is 470 g/mol. The molecule has 3 aliphatic rings. The lowest BCUT2D eigenvalue weighted by molar-refractivity contribution is 0.0910. The highest BCUT2D eigenvalue weighted by atomic mass is 32.2. The van der Waals surface area contributed by atoms with Crippen LogP contribution in [-0.4, -0.2) is 36.3 Å². The number of aromatic nitrogens is 1. The first-order valence-corrected chi connectivity index (χ1v) is 13.4. The number of nitriles is 1. The van der Waals surface area contributed by atoms with Gasteiger partial charge in [-0.3, -0.25) is 4.79 Å². The third kappa shape index (κ3) is 3.86. The van der Waals surface area contributed by atoms with Crippen LogP contribution in [0, 0.1) is 22.6 Å². The van der Waals surface area contributed by atoms with Crippen LogP contribution in [0.5, 0.6) is 0 Å². The van der Waals surface area contributed by atoms with Gasteiger partial charge in [-0.1, -0.05) is 13.8 Å². The average Bonchev–Trinajstić information content (AvgIpc) is 3.28. The van der Waals surface area contributed by atoms with E-state index in [1.165, 1.54) is 6.07 Å². The van der Waals surface area contributed by atoms with Crippen LogP contribution >= 0.6 is 0 Å². The fraction of sp³-hybridized carbons (Fsp3) is 0.520. The summed E-state index contributed by atoms with van der Waals surface area (Å²) >= 11 is 0. The molecule has 1 saturated heterocycles. The molecule has 1 fully saturated rings. The minimum atomic E-state index is -3.02. The number of benzene rings is 1. The number of anilines is 1. The second-order valence-corrected chi connectivity index (χ2v) is 12.7. The van der Waals surface area contributed by atoms with Crippen molar-refractivity contribution in [2.75, 3.05) is 16.8 Å². The van der Waals surface area contributed by atoms with E-state index < -0.39 is 15.7 Å². The van der Waals surface area contributed by atoms with Crippen LogP contribution in [0.2, 0.25) is 0 Å². The summed E-state index contributed by atoms with van der Waals surface area (Å²) in [6, 6.07) is 5.00. The Labute approximate surface area is 193 Å². The third-order valence-electron chi connectivity index (χ3n) is 7.24. The van der Waals surface area contributed by atoms with E-state index in [9.17, 15) is 18.5 Å². The van der Waals surface area contributed by atoms with Crippen LogP contribution in [0.3, 0.4) is 0 Å². The Hall–Kier alpha value is -2.66. The lowest BCUT2D eigenvalue weighted by Gasteiger charge is -2.30. The van der Waals surface area contributed by atoms with Crippen LogP contribution in [-0.2, 0) is 29.1 Å². The van der Waals surface area contributed by atoms with Crippen molar-refractivity contribution in [3.05, 3.63) is 46.0 Å². The molecular formula is C25H28FN3O3S. The predicted molar refractivity (Wildman–Crippen MR) is 124 cm³/mol. The van der Waals surface area contributed by atoms with Crippen molar-refractivity contribution >= 4 is 21.3 Å². The second kappa shape index (κ2) is 7.69. The molecule has 6 nitrogen and oxygen atoms in total. The Balaban J connectivity index is 1.61. The van der Waals surface area contributed by atoms with Gasteiger partial charge in [-0.2, -0.15) is 5.26 Å². The van der Waals surface area contributed by atoms with Crippen LogP contribution < -0.4 is 5.32 Å². The van der Waals surface area contributed by atoms with Crippen LogP contribution in [0.4, 0.5) is 10.1 Å². The van der Waals surface area contributed by atoms with Crippen molar-refractivity contribution < 1.29 is 17.6 Å². The zero-order valence-electron chi connectivity index (χ0n) is 19.0. The summed E-state index contributed by atoms with van der Waals surface area (Å²) < 4.78 is 40.8. The van der Waals surface area contributed by atoms with E-state index in [0.29, 0.717) is 30.6 Å². The Morgan fingerprint density at radius 3 is 2.58 bits per heavy atom. The molecule has 1 N–H and O–H groups in total. The van der Waals surface area contributed by atoms with Gasteiger partial charge in [-0.15, -0.1) is 0 Å². The summed E-state index contributed by atoms with van der Waals surface area (Å²) in [5.74, 6) is -0.278. The van der Waals surface area contributed by atoms with Crippen LogP contribution in [0.15, 0.2) is 12.1 Å². The van der Waals surface area contributed by atoms with Crippen molar-refractivity contribution in [3.8, 4) is 11.8 Å². The molecule has 2 heterocycles. The van der Waals surface area contributed by atoms with Crippen molar-refractivity contribution in [1.82, 2.24) is 4.57 Å². The van der Waals surface area contributed by atoms with E-state index in [1.54, 1.807) is 6.07 Å². The molecule has 0 unspecified atom stereocenters. The van der Waals surface area contributed by atoms with E-state index in [-0.39, 0.29) is 34.3 Å². The highest BCUT2D eigenvalue weighted by molar-refractivity contribution is 7.91. The first-order chi connectivity index (χ1) is 15.6. The minimum Gasteiger partial charge on any atom is -0.381 e. The fourth-order valence-corrected chi connectivity index (χ4v) is 7.23. The van der Waals surface area contributed by atoms with Gasteiger partial charge in [0.2, 0.25) is 0 Å². The summed E-state index contributed by atoms with van der Waals surface area (Å²) in [7, 11) is -3.02. The number of Topliss-reactive ketones (excluding diaryl/α,β-unsaturated/α-hetero) is 1. The molecule has 2 aliphatic carbocycles. The molecule has 0 spiro atoms. The van der Waals surface area contributed by atoms with Gasteiger partial charge in [0.05, 0.1) is 22.9 Å². The molecule has 8 heteroatoms. The Bertz CT molecular complexity index is 1300. The Kier molecular flexibility index (Phi) is 5.16. The van der Waals surface area contributed by atoms with Crippen molar-refractivity contribution in [3.63, 3.8) is 0 Å². The molecule has 0 bridgehead atoms. The van der Waals surface area contributed by atoms with E-state index in [2.05, 4.69) is 23.7 Å². The standard InChI is InChI=1S/C25H28FN3O3S/c1-25(2)12-22-24(23(30)13-25)17-4-3-5-21(17)29(22)16-10-19(26)18(14-27)20(11-16)28-15-6-8-33(31,32)9-7-15/h10-11,15,28H,3-9,12-13H2,1-2H3. The van der Waals surface area contributed by atoms with Gasteiger partial charge in [0.15, 0.2) is 5.78 Å². The highest BCUT2D eigenvalue weighted by Gasteiger charge is 2.39. The van der Waals surface area contributed by atoms with E-state index in [1.807, 2.05) is 6.07 Å². The molecule has 0 saturated carbocycles. The molecule has 5 rings (SSSR count). The summed E-state index contributed by atoms with van der Waals surface area (Å²) in [6.45, 7) is 4.17. The van der Waals surface area contributed by atoms with Crippen molar-refractivity contribution in [2.24, 2.45) is 5.41 Å². The summed E-state index contributed by atoms with van der Waals surface area (Å²) in [4.78, 5) is 13.1. The molecule has 1 aromatic heterocycles. The first-order valence-electron chi connectivity index (χ1n) is 11.6. The molecule has 0 atom stereocenters. The van der Waals surface area contributed by atoms with Gasteiger partial charge in [0.1, 0.15) is 27.3 Å². The summed E-state index contributed by atoms with van der Waals surface area (Å²) in [5.41, 5.74) is 4.69. The molecule has 33 heavy (non-hydrogen) atoms. The van der Waals surface area contributed by atoms with Gasteiger partial charge in [0.25, 0.3) is 0 Å². The predicted octanol–water partition coefficient (Wildman–Crippen LogP) is 4.12. The van der Waals surface area contributed by atoms with Crippen molar-refractivity contribution in [1.29, 1.82) is 5.26 Å². The third-order valence-corrected chi connectivity index (χ3v) is 8.96. The molecule has 2 aromatic rings. The number of carbonyl (C=O) groups is 1. The van der Waals surface area contributed by atoms with Gasteiger partial charge in [0, 0.05) is 29.4 Å². The van der Waals surface area contributed by atoms with Crippen molar-refractivity contribution in [2.45, 2.75) is 64.8 Å². The fourth-order valence-electron chi connectivity index (χ4n) is 5.74. The number of nitrogens with zero attached hydrogens (tertiary/aromatic N) is 2. The van der Waals surface area contributed by atoms with E-state index in [4.69, 9.17) is 0 Å². The number of ketones is 1. The monoisotopic (exact) mass is 469 g/mol. The van der Waals surface area contributed by atoms with Gasteiger partial charge < -0.3 is 9.88 Å². The largest absolute Gasteiger partial charge is 0.381 e. The quantitative estimate of drug-likeness (QED) is 0.730.